The number of carbonyl (C=O) groups excluding carboxylic acids is 1. The summed E-state index contributed by atoms with van der Waals surface area (Å²) in [7, 11) is -3.62. The second kappa shape index (κ2) is 10.9. The predicted octanol–water partition coefficient (Wildman–Crippen LogP) is 6.16. The molecule has 0 fully saturated rings. The zero-order valence-corrected chi connectivity index (χ0v) is 22.7. The molecule has 0 aliphatic heterocycles. The van der Waals surface area contributed by atoms with E-state index >= 15 is 0 Å². The molecule has 36 heavy (non-hydrogen) atoms. The Morgan fingerprint density at radius 3 is 2.33 bits per heavy atom. The van der Waals surface area contributed by atoms with Gasteiger partial charge in [0, 0.05) is 18.7 Å². The fraction of sp³-hybridized carbons (Fsp3) is 0.333. The zero-order valence-electron chi connectivity index (χ0n) is 21.0. The molecule has 190 valence electrons. The first-order chi connectivity index (χ1) is 17.2. The molecule has 0 radical (unpaired) electrons. The van der Waals surface area contributed by atoms with Crippen molar-refractivity contribution in [3.8, 4) is 0 Å². The van der Waals surface area contributed by atoms with Crippen molar-refractivity contribution in [3.05, 3.63) is 77.2 Å². The van der Waals surface area contributed by atoms with E-state index in [0.29, 0.717) is 29.5 Å². The molecular formula is C27H31N3O4S2. The van der Waals surface area contributed by atoms with Crippen LogP contribution in [0.15, 0.2) is 64.1 Å². The standard InChI is InChI=1S/C27H31N3O4S2/c1-5-13-29(14-6-2)36(32,33)23-11-9-21(10-12-23)26(31)30(18-22-8-7-15-34-22)27-28-25-20(4)16-19(3)17-24(25)35-27/h7-12,15-17H,5-6,13-14,18H2,1-4H3. The molecule has 4 aromatic rings. The normalized spacial score (nSPS) is 11.9. The Morgan fingerprint density at radius 1 is 1.03 bits per heavy atom. The van der Waals surface area contributed by atoms with E-state index in [4.69, 9.17) is 9.40 Å². The molecule has 0 N–H and O–H groups in total. The van der Waals surface area contributed by atoms with E-state index in [-0.39, 0.29) is 17.3 Å². The van der Waals surface area contributed by atoms with Crippen LogP contribution in [-0.2, 0) is 16.6 Å². The number of amides is 1. The summed E-state index contributed by atoms with van der Waals surface area (Å²) in [5.41, 5.74) is 3.43. The van der Waals surface area contributed by atoms with E-state index in [9.17, 15) is 13.2 Å². The van der Waals surface area contributed by atoms with E-state index in [2.05, 4.69) is 12.1 Å². The number of rotatable bonds is 10. The molecule has 2 heterocycles. The van der Waals surface area contributed by atoms with Crippen molar-refractivity contribution in [2.24, 2.45) is 0 Å². The highest BCUT2D eigenvalue weighted by Gasteiger charge is 2.26. The van der Waals surface area contributed by atoms with Gasteiger partial charge in [0.25, 0.3) is 5.91 Å². The minimum atomic E-state index is -3.62. The van der Waals surface area contributed by atoms with Crippen LogP contribution in [0.1, 0.15) is 53.9 Å². The first kappa shape index (κ1) is 26.1. The second-order valence-electron chi connectivity index (χ2n) is 8.82. The number of furan rings is 1. The zero-order chi connectivity index (χ0) is 25.9. The van der Waals surface area contributed by atoms with Crippen LogP contribution < -0.4 is 4.90 Å². The average Bonchev–Trinajstić information content (AvgIpc) is 3.52. The number of fused-ring (bicyclic) bond motifs is 1. The van der Waals surface area contributed by atoms with Gasteiger partial charge in [0.15, 0.2) is 5.13 Å². The lowest BCUT2D eigenvalue weighted by atomic mass is 10.1. The van der Waals surface area contributed by atoms with Gasteiger partial charge in [-0.3, -0.25) is 9.69 Å². The number of carbonyl (C=O) groups is 1. The lowest BCUT2D eigenvalue weighted by molar-refractivity contribution is 0.0983. The minimum absolute atomic E-state index is 0.185. The van der Waals surface area contributed by atoms with Gasteiger partial charge in [-0.25, -0.2) is 13.4 Å². The van der Waals surface area contributed by atoms with Crippen molar-refractivity contribution >= 4 is 42.6 Å². The molecule has 0 spiro atoms. The quantitative estimate of drug-likeness (QED) is 0.247. The smallest absolute Gasteiger partial charge is 0.260 e. The summed E-state index contributed by atoms with van der Waals surface area (Å²) in [6.07, 6.45) is 3.04. The first-order valence-electron chi connectivity index (χ1n) is 12.1. The van der Waals surface area contributed by atoms with Crippen LogP contribution in [-0.4, -0.2) is 36.7 Å². The number of nitrogens with zero attached hydrogens (tertiary/aromatic N) is 3. The summed E-state index contributed by atoms with van der Waals surface area (Å²) in [5, 5.41) is 0.564. The molecule has 2 aromatic carbocycles. The summed E-state index contributed by atoms with van der Waals surface area (Å²) in [6.45, 7) is 9.10. The average molecular weight is 526 g/mol. The molecule has 0 saturated carbocycles. The molecule has 0 atom stereocenters. The third kappa shape index (κ3) is 5.38. The molecule has 1 amide bonds. The van der Waals surface area contributed by atoms with Crippen LogP contribution in [0.25, 0.3) is 10.2 Å². The number of aromatic nitrogens is 1. The summed E-state index contributed by atoms with van der Waals surface area (Å²) in [6, 6.07) is 13.9. The van der Waals surface area contributed by atoms with Crippen LogP contribution in [0.4, 0.5) is 5.13 Å². The minimum Gasteiger partial charge on any atom is -0.467 e. The lowest BCUT2D eigenvalue weighted by Crippen LogP contribution is -2.33. The monoisotopic (exact) mass is 525 g/mol. The highest BCUT2D eigenvalue weighted by molar-refractivity contribution is 7.89. The summed E-state index contributed by atoms with van der Waals surface area (Å²) >= 11 is 1.45. The van der Waals surface area contributed by atoms with Crippen molar-refractivity contribution in [2.45, 2.75) is 52.0 Å². The molecule has 9 heteroatoms. The molecule has 0 saturated heterocycles. The maximum absolute atomic E-state index is 13.7. The SMILES string of the molecule is CCCN(CCC)S(=O)(=O)c1ccc(C(=O)N(Cc2ccco2)c2nc3c(C)cc(C)cc3s2)cc1. The first-order valence-corrected chi connectivity index (χ1v) is 14.3. The van der Waals surface area contributed by atoms with Gasteiger partial charge in [-0.15, -0.1) is 0 Å². The number of aryl methyl sites for hydroxylation is 2. The van der Waals surface area contributed by atoms with Gasteiger partial charge in [0.05, 0.1) is 27.9 Å². The van der Waals surface area contributed by atoms with Crippen molar-refractivity contribution in [1.82, 2.24) is 9.29 Å². The second-order valence-corrected chi connectivity index (χ2v) is 11.8. The number of hydrogen-bond donors (Lipinski definition) is 0. The van der Waals surface area contributed by atoms with Gasteiger partial charge < -0.3 is 4.42 Å². The van der Waals surface area contributed by atoms with Crippen molar-refractivity contribution in [2.75, 3.05) is 18.0 Å². The summed E-state index contributed by atoms with van der Waals surface area (Å²) < 4.78 is 34.3. The third-order valence-electron chi connectivity index (χ3n) is 5.87. The van der Waals surface area contributed by atoms with Crippen molar-refractivity contribution in [1.29, 1.82) is 0 Å². The van der Waals surface area contributed by atoms with E-state index in [0.717, 1.165) is 34.2 Å². The predicted molar refractivity (Wildman–Crippen MR) is 144 cm³/mol. The van der Waals surface area contributed by atoms with E-state index in [1.165, 1.54) is 27.8 Å². The van der Waals surface area contributed by atoms with Crippen molar-refractivity contribution in [3.63, 3.8) is 0 Å². The molecule has 0 aliphatic rings. The maximum Gasteiger partial charge on any atom is 0.260 e. The Morgan fingerprint density at radius 2 is 1.72 bits per heavy atom. The fourth-order valence-electron chi connectivity index (χ4n) is 4.18. The van der Waals surface area contributed by atoms with Crippen molar-refractivity contribution < 1.29 is 17.6 Å². The lowest BCUT2D eigenvalue weighted by Gasteiger charge is -2.21. The molecule has 2 aromatic heterocycles. The van der Waals surface area contributed by atoms with Gasteiger partial charge in [-0.2, -0.15) is 4.31 Å². The highest BCUT2D eigenvalue weighted by Crippen LogP contribution is 2.33. The molecule has 0 unspecified atom stereocenters. The molecule has 0 aliphatic carbocycles. The Hall–Kier alpha value is -3.01. The number of hydrogen-bond acceptors (Lipinski definition) is 6. The maximum atomic E-state index is 13.7. The summed E-state index contributed by atoms with van der Waals surface area (Å²) in [5.74, 6) is 0.354. The fourth-order valence-corrected chi connectivity index (χ4v) is 6.95. The summed E-state index contributed by atoms with van der Waals surface area (Å²) in [4.78, 5) is 20.2. The molecule has 4 rings (SSSR count). The van der Waals surface area contributed by atoms with Crippen LogP contribution >= 0.6 is 11.3 Å². The Bertz CT molecular complexity index is 1440. The third-order valence-corrected chi connectivity index (χ3v) is 8.81. The molecule has 0 bridgehead atoms. The Kier molecular flexibility index (Phi) is 7.92. The number of sulfonamides is 1. The number of thiazole rings is 1. The molecule has 7 nitrogen and oxygen atoms in total. The number of anilines is 1. The van der Waals surface area contributed by atoms with Crippen LogP contribution in [0.3, 0.4) is 0 Å². The largest absolute Gasteiger partial charge is 0.467 e. The highest BCUT2D eigenvalue weighted by atomic mass is 32.2. The van der Waals surface area contributed by atoms with E-state index < -0.39 is 10.0 Å². The van der Waals surface area contributed by atoms with Crippen LogP contribution in [0.5, 0.6) is 0 Å². The van der Waals surface area contributed by atoms with Crippen LogP contribution in [0.2, 0.25) is 0 Å². The van der Waals surface area contributed by atoms with Gasteiger partial charge in [-0.05, 0) is 80.3 Å². The van der Waals surface area contributed by atoms with Gasteiger partial charge in [-0.1, -0.05) is 31.3 Å². The van der Waals surface area contributed by atoms with Gasteiger partial charge in [0.2, 0.25) is 10.0 Å². The number of benzene rings is 2. The topological polar surface area (TPSA) is 83.7 Å². The van der Waals surface area contributed by atoms with Gasteiger partial charge >= 0.3 is 0 Å². The van der Waals surface area contributed by atoms with Gasteiger partial charge in [0.1, 0.15) is 5.76 Å². The van der Waals surface area contributed by atoms with E-state index in [1.807, 2.05) is 33.8 Å². The Balaban J connectivity index is 1.68. The van der Waals surface area contributed by atoms with E-state index in [1.54, 1.807) is 29.4 Å². The van der Waals surface area contributed by atoms with Crippen LogP contribution in [0, 0.1) is 13.8 Å². The molecular weight excluding hydrogens is 494 g/mol. The Labute approximate surface area is 216 Å².